The van der Waals surface area contributed by atoms with Crippen LogP contribution in [0, 0.1) is 11.8 Å². The summed E-state index contributed by atoms with van der Waals surface area (Å²) >= 11 is 3.64. The molecule has 20 heavy (non-hydrogen) atoms. The van der Waals surface area contributed by atoms with E-state index in [-0.39, 0.29) is 11.9 Å². The number of nitrogens with zero attached hydrogens (tertiary/aromatic N) is 1. The van der Waals surface area contributed by atoms with Crippen LogP contribution in [0.4, 0.5) is 11.4 Å². The fraction of sp³-hybridized carbons (Fsp3) is 0.533. The van der Waals surface area contributed by atoms with Crippen LogP contribution in [0.5, 0.6) is 0 Å². The van der Waals surface area contributed by atoms with Gasteiger partial charge in [0.2, 0.25) is 5.91 Å². The van der Waals surface area contributed by atoms with E-state index in [0.717, 1.165) is 39.8 Å². The monoisotopic (exact) mass is 337 g/mol. The van der Waals surface area contributed by atoms with Gasteiger partial charge in [-0.3, -0.25) is 4.79 Å². The van der Waals surface area contributed by atoms with Crippen LogP contribution in [0.25, 0.3) is 0 Å². The Kier molecular flexibility index (Phi) is 3.50. The minimum absolute atomic E-state index is 0.0185. The number of likely N-dealkylation sites (N-methyl/N-ethyl adjacent to an activating group) is 1. The van der Waals surface area contributed by atoms with E-state index in [0.29, 0.717) is 0 Å². The Morgan fingerprint density at radius 3 is 2.80 bits per heavy atom. The Labute approximate surface area is 128 Å². The molecule has 3 atom stereocenters. The van der Waals surface area contributed by atoms with E-state index in [1.807, 2.05) is 7.05 Å². The van der Waals surface area contributed by atoms with Crippen molar-refractivity contribution >= 4 is 33.2 Å². The standard InChI is InChI=1S/C15H20BrN3O/c1-8-4-9(8)7-19(3)13-6-12-10(5-11(13)16)14(17-2)15(20)18-12/h5-6,8-9,14,17H,4,7H2,1-3H3,(H,18,20). The molecule has 2 aliphatic rings. The Bertz CT molecular complexity index is 560. The molecule has 5 heteroatoms. The molecule has 0 bridgehead atoms. The number of hydrogen-bond acceptors (Lipinski definition) is 3. The summed E-state index contributed by atoms with van der Waals surface area (Å²) in [6.07, 6.45) is 1.32. The van der Waals surface area contributed by atoms with Crippen molar-refractivity contribution in [2.24, 2.45) is 11.8 Å². The molecule has 1 fully saturated rings. The molecule has 1 aliphatic carbocycles. The van der Waals surface area contributed by atoms with Gasteiger partial charge in [-0.15, -0.1) is 0 Å². The SMILES string of the molecule is CNC1C(=O)Nc2cc(N(C)CC3CC3C)c(Br)cc21. The third-order valence-corrected chi connectivity index (χ3v) is 5.07. The molecule has 1 aromatic carbocycles. The van der Waals surface area contributed by atoms with Crippen LogP contribution in [0.15, 0.2) is 16.6 Å². The summed E-state index contributed by atoms with van der Waals surface area (Å²) in [5, 5.41) is 6.00. The zero-order chi connectivity index (χ0) is 14.4. The zero-order valence-corrected chi connectivity index (χ0v) is 13.6. The summed E-state index contributed by atoms with van der Waals surface area (Å²) in [5.74, 6) is 1.67. The van der Waals surface area contributed by atoms with E-state index in [1.165, 1.54) is 6.42 Å². The number of benzene rings is 1. The van der Waals surface area contributed by atoms with E-state index < -0.39 is 0 Å². The molecule has 1 aliphatic heterocycles. The lowest BCUT2D eigenvalue weighted by Crippen LogP contribution is -2.23. The molecule has 0 saturated heterocycles. The number of rotatable bonds is 4. The molecule has 0 radical (unpaired) electrons. The lowest BCUT2D eigenvalue weighted by Gasteiger charge is -2.22. The molecule has 1 saturated carbocycles. The van der Waals surface area contributed by atoms with Crippen molar-refractivity contribution in [1.82, 2.24) is 5.32 Å². The number of halogens is 1. The van der Waals surface area contributed by atoms with Crippen molar-refractivity contribution in [3.63, 3.8) is 0 Å². The smallest absolute Gasteiger partial charge is 0.246 e. The summed E-state index contributed by atoms with van der Waals surface area (Å²) in [4.78, 5) is 14.2. The predicted octanol–water partition coefficient (Wildman–Crippen LogP) is 2.75. The van der Waals surface area contributed by atoms with E-state index in [1.54, 1.807) is 0 Å². The number of carbonyl (C=O) groups excluding carboxylic acids is 1. The van der Waals surface area contributed by atoms with Crippen molar-refractivity contribution in [1.29, 1.82) is 0 Å². The summed E-state index contributed by atoms with van der Waals surface area (Å²) in [7, 11) is 3.92. The van der Waals surface area contributed by atoms with Gasteiger partial charge in [-0.05, 0) is 53.4 Å². The lowest BCUT2D eigenvalue weighted by atomic mass is 10.1. The highest BCUT2D eigenvalue weighted by Crippen LogP contribution is 2.42. The highest BCUT2D eigenvalue weighted by atomic mass is 79.9. The topological polar surface area (TPSA) is 44.4 Å². The Morgan fingerprint density at radius 2 is 2.20 bits per heavy atom. The third-order valence-electron chi connectivity index (χ3n) is 4.43. The molecule has 1 amide bonds. The molecule has 3 unspecified atom stereocenters. The minimum atomic E-state index is -0.246. The van der Waals surface area contributed by atoms with Gasteiger partial charge in [-0.25, -0.2) is 0 Å². The summed E-state index contributed by atoms with van der Waals surface area (Å²) in [5.41, 5.74) is 3.07. The van der Waals surface area contributed by atoms with Crippen LogP contribution in [0.1, 0.15) is 24.9 Å². The van der Waals surface area contributed by atoms with Crippen LogP contribution in [-0.2, 0) is 4.79 Å². The fourth-order valence-electron chi connectivity index (χ4n) is 2.95. The van der Waals surface area contributed by atoms with Gasteiger partial charge in [0, 0.05) is 29.3 Å². The van der Waals surface area contributed by atoms with Crippen molar-refractivity contribution in [2.75, 3.05) is 30.9 Å². The first-order valence-electron chi connectivity index (χ1n) is 7.04. The predicted molar refractivity (Wildman–Crippen MR) is 85.1 cm³/mol. The molecule has 4 nitrogen and oxygen atoms in total. The van der Waals surface area contributed by atoms with Crippen molar-refractivity contribution < 1.29 is 4.79 Å². The first-order valence-corrected chi connectivity index (χ1v) is 7.83. The quantitative estimate of drug-likeness (QED) is 0.887. The van der Waals surface area contributed by atoms with Crippen molar-refractivity contribution in [3.05, 3.63) is 22.2 Å². The van der Waals surface area contributed by atoms with Gasteiger partial charge >= 0.3 is 0 Å². The molecule has 1 heterocycles. The van der Waals surface area contributed by atoms with Crippen LogP contribution < -0.4 is 15.5 Å². The van der Waals surface area contributed by atoms with E-state index in [2.05, 4.69) is 57.6 Å². The molecule has 0 aromatic heterocycles. The summed E-state index contributed by atoms with van der Waals surface area (Å²) in [6.45, 7) is 3.37. The van der Waals surface area contributed by atoms with Crippen LogP contribution in [0.3, 0.4) is 0 Å². The van der Waals surface area contributed by atoms with Crippen LogP contribution in [0.2, 0.25) is 0 Å². The average molecular weight is 338 g/mol. The van der Waals surface area contributed by atoms with E-state index in [4.69, 9.17) is 0 Å². The van der Waals surface area contributed by atoms with Gasteiger partial charge in [0.25, 0.3) is 0 Å². The number of carbonyl (C=O) groups is 1. The molecule has 3 rings (SSSR count). The number of nitrogens with one attached hydrogen (secondary N) is 2. The first-order chi connectivity index (χ1) is 9.51. The Balaban J connectivity index is 1.87. The highest BCUT2D eigenvalue weighted by molar-refractivity contribution is 9.10. The van der Waals surface area contributed by atoms with Crippen molar-refractivity contribution in [3.8, 4) is 0 Å². The zero-order valence-electron chi connectivity index (χ0n) is 12.0. The maximum absolute atomic E-state index is 11.9. The molecular formula is C15H20BrN3O. The van der Waals surface area contributed by atoms with E-state index >= 15 is 0 Å². The molecule has 1 aromatic rings. The molecule has 0 spiro atoms. The van der Waals surface area contributed by atoms with Gasteiger partial charge in [0.1, 0.15) is 6.04 Å². The number of fused-ring (bicyclic) bond motifs is 1. The molecule has 108 valence electrons. The lowest BCUT2D eigenvalue weighted by molar-refractivity contribution is -0.117. The molecular weight excluding hydrogens is 318 g/mol. The molecule has 2 N–H and O–H groups in total. The van der Waals surface area contributed by atoms with Crippen molar-refractivity contribution in [2.45, 2.75) is 19.4 Å². The average Bonchev–Trinajstić information content (AvgIpc) is 2.98. The second-order valence-corrected chi connectivity index (χ2v) is 6.81. The largest absolute Gasteiger partial charge is 0.373 e. The maximum Gasteiger partial charge on any atom is 0.246 e. The first kappa shape index (κ1) is 13.9. The Morgan fingerprint density at radius 1 is 1.50 bits per heavy atom. The number of amides is 1. The highest BCUT2D eigenvalue weighted by Gasteiger charge is 2.34. The second-order valence-electron chi connectivity index (χ2n) is 5.96. The van der Waals surface area contributed by atoms with Gasteiger partial charge in [0.15, 0.2) is 0 Å². The van der Waals surface area contributed by atoms with E-state index in [9.17, 15) is 4.79 Å². The number of anilines is 2. The third kappa shape index (κ3) is 2.33. The van der Waals surface area contributed by atoms with Crippen LogP contribution >= 0.6 is 15.9 Å². The second kappa shape index (κ2) is 5.04. The van der Waals surface area contributed by atoms with Gasteiger partial charge < -0.3 is 15.5 Å². The normalized spacial score (nSPS) is 27.2. The Hall–Kier alpha value is -1.07. The van der Waals surface area contributed by atoms with Gasteiger partial charge in [-0.2, -0.15) is 0 Å². The number of hydrogen-bond donors (Lipinski definition) is 2. The fourth-order valence-corrected chi connectivity index (χ4v) is 3.62. The van der Waals surface area contributed by atoms with Gasteiger partial charge in [-0.1, -0.05) is 6.92 Å². The summed E-state index contributed by atoms with van der Waals surface area (Å²) < 4.78 is 1.05. The summed E-state index contributed by atoms with van der Waals surface area (Å²) in [6, 6.07) is 3.88. The maximum atomic E-state index is 11.9. The van der Waals surface area contributed by atoms with Crippen LogP contribution in [-0.4, -0.2) is 26.5 Å². The minimum Gasteiger partial charge on any atom is -0.373 e. The van der Waals surface area contributed by atoms with Gasteiger partial charge in [0.05, 0.1) is 5.69 Å².